The van der Waals surface area contributed by atoms with E-state index in [9.17, 15) is 0 Å². The molecule has 0 bridgehead atoms. The molecule has 0 spiro atoms. The number of rotatable bonds is 1. The molecule has 0 aliphatic heterocycles. The van der Waals surface area contributed by atoms with Crippen LogP contribution >= 0.6 is 0 Å². The average Bonchev–Trinajstić information content (AvgIpc) is 2.15. The van der Waals surface area contributed by atoms with Gasteiger partial charge in [0.05, 0.1) is 0 Å². The summed E-state index contributed by atoms with van der Waals surface area (Å²) in [4.78, 5) is 0. The van der Waals surface area contributed by atoms with E-state index in [1.807, 2.05) is 0 Å². The lowest BCUT2D eigenvalue weighted by Gasteiger charge is -2.26. The molecule has 0 aromatic rings. The molecule has 1 fully saturated rings. The Hall–Kier alpha value is -0.0800. The second kappa shape index (κ2) is 2.27. The minimum atomic E-state index is 0.250. The minimum absolute atomic E-state index is 0.250. The van der Waals surface area contributed by atoms with Crippen molar-refractivity contribution < 1.29 is 0 Å². The van der Waals surface area contributed by atoms with Crippen LogP contribution in [0.3, 0.4) is 0 Å². The van der Waals surface area contributed by atoms with Crippen LogP contribution in [0.2, 0.25) is 0 Å². The predicted octanol–water partition coefficient (Wildman–Crippen LogP) is 0.463. The van der Waals surface area contributed by atoms with Crippen LogP contribution < -0.4 is 11.5 Å². The molecule has 0 aromatic carbocycles. The summed E-state index contributed by atoms with van der Waals surface area (Å²) in [5.74, 6) is 0. The summed E-state index contributed by atoms with van der Waals surface area (Å²) in [7, 11) is 0. The Morgan fingerprint density at radius 3 is 2.56 bits per heavy atom. The molecule has 1 aliphatic carbocycles. The fraction of sp³-hybridized carbons (Fsp3) is 1.00. The Morgan fingerprint density at radius 2 is 2.33 bits per heavy atom. The summed E-state index contributed by atoms with van der Waals surface area (Å²) in [5.41, 5.74) is 11.7. The van der Waals surface area contributed by atoms with Gasteiger partial charge in [-0.05, 0) is 24.8 Å². The highest BCUT2D eigenvalue weighted by molar-refractivity contribution is 4.91. The highest BCUT2D eigenvalue weighted by Crippen LogP contribution is 2.35. The van der Waals surface area contributed by atoms with Crippen LogP contribution in [-0.4, -0.2) is 12.6 Å². The van der Waals surface area contributed by atoms with Gasteiger partial charge in [0.2, 0.25) is 0 Å². The maximum absolute atomic E-state index is 5.84. The molecule has 0 radical (unpaired) electrons. The number of hydrogen-bond donors (Lipinski definition) is 2. The third-order valence-electron chi connectivity index (χ3n) is 2.62. The Kier molecular flexibility index (Phi) is 1.78. The smallest absolute Gasteiger partial charge is 0.0105 e. The van der Waals surface area contributed by atoms with Crippen molar-refractivity contribution in [1.29, 1.82) is 0 Å². The Balaban J connectivity index is 2.56. The summed E-state index contributed by atoms with van der Waals surface area (Å²) < 4.78 is 0. The molecule has 4 N–H and O–H groups in total. The van der Waals surface area contributed by atoms with Gasteiger partial charge in [0.1, 0.15) is 0 Å². The standard InChI is InChI=1S/C7H16N2/c1-7(5-8)4-2-3-6(7)9/h6H,2-5,8-9H2,1H3. The maximum atomic E-state index is 5.84. The van der Waals surface area contributed by atoms with Crippen molar-refractivity contribution in [3.05, 3.63) is 0 Å². The molecule has 54 valence electrons. The van der Waals surface area contributed by atoms with Gasteiger partial charge < -0.3 is 11.5 Å². The van der Waals surface area contributed by atoms with Gasteiger partial charge in [-0.1, -0.05) is 13.3 Å². The van der Waals surface area contributed by atoms with E-state index in [-0.39, 0.29) is 5.41 Å². The molecule has 2 heteroatoms. The van der Waals surface area contributed by atoms with E-state index in [1.54, 1.807) is 0 Å². The second-order valence-corrected chi connectivity index (χ2v) is 3.36. The SMILES string of the molecule is CC1(CN)CCCC1N. The summed E-state index contributed by atoms with van der Waals surface area (Å²) in [6.45, 7) is 2.93. The number of hydrogen-bond acceptors (Lipinski definition) is 2. The van der Waals surface area contributed by atoms with Crippen molar-refractivity contribution in [3.63, 3.8) is 0 Å². The Bertz CT molecular complexity index is 103. The zero-order valence-electron chi connectivity index (χ0n) is 6.06. The zero-order valence-corrected chi connectivity index (χ0v) is 6.06. The fourth-order valence-electron chi connectivity index (χ4n) is 1.51. The quantitative estimate of drug-likeness (QED) is 0.539. The van der Waals surface area contributed by atoms with E-state index in [4.69, 9.17) is 11.5 Å². The highest BCUT2D eigenvalue weighted by atomic mass is 14.7. The first-order valence-corrected chi connectivity index (χ1v) is 3.65. The fourth-order valence-corrected chi connectivity index (χ4v) is 1.51. The Labute approximate surface area is 56.6 Å². The minimum Gasteiger partial charge on any atom is -0.330 e. The summed E-state index contributed by atoms with van der Waals surface area (Å²) in [6.07, 6.45) is 3.63. The average molecular weight is 128 g/mol. The zero-order chi connectivity index (χ0) is 6.91. The van der Waals surface area contributed by atoms with E-state index in [0.717, 1.165) is 13.0 Å². The first-order valence-electron chi connectivity index (χ1n) is 3.65. The second-order valence-electron chi connectivity index (χ2n) is 3.36. The summed E-state index contributed by atoms with van der Waals surface area (Å²) in [5, 5.41) is 0. The molecule has 0 saturated heterocycles. The van der Waals surface area contributed by atoms with Crippen LogP contribution in [0, 0.1) is 5.41 Å². The van der Waals surface area contributed by atoms with Gasteiger partial charge in [0, 0.05) is 6.04 Å². The molecule has 1 saturated carbocycles. The van der Waals surface area contributed by atoms with Crippen molar-refractivity contribution in [2.75, 3.05) is 6.54 Å². The summed E-state index contributed by atoms with van der Waals surface area (Å²) in [6, 6.07) is 0.350. The van der Waals surface area contributed by atoms with Crippen molar-refractivity contribution >= 4 is 0 Å². The van der Waals surface area contributed by atoms with E-state index < -0.39 is 0 Å². The molecule has 2 unspecified atom stereocenters. The maximum Gasteiger partial charge on any atom is 0.0105 e. The van der Waals surface area contributed by atoms with Crippen LogP contribution in [0.1, 0.15) is 26.2 Å². The molecule has 0 amide bonds. The normalized spacial score (nSPS) is 43.7. The van der Waals surface area contributed by atoms with E-state index in [1.165, 1.54) is 12.8 Å². The number of nitrogens with two attached hydrogens (primary N) is 2. The monoisotopic (exact) mass is 128 g/mol. The first-order chi connectivity index (χ1) is 4.19. The van der Waals surface area contributed by atoms with Crippen molar-refractivity contribution in [2.24, 2.45) is 16.9 Å². The topological polar surface area (TPSA) is 52.0 Å². The summed E-state index contributed by atoms with van der Waals surface area (Å²) >= 11 is 0. The van der Waals surface area contributed by atoms with Crippen LogP contribution in [0.5, 0.6) is 0 Å². The van der Waals surface area contributed by atoms with Gasteiger partial charge in [-0.25, -0.2) is 0 Å². The van der Waals surface area contributed by atoms with Crippen molar-refractivity contribution in [1.82, 2.24) is 0 Å². The molecule has 0 heterocycles. The van der Waals surface area contributed by atoms with Crippen molar-refractivity contribution in [2.45, 2.75) is 32.2 Å². The van der Waals surface area contributed by atoms with E-state index >= 15 is 0 Å². The molecule has 1 aliphatic rings. The molecule has 2 atom stereocenters. The van der Waals surface area contributed by atoms with Crippen LogP contribution in [0.25, 0.3) is 0 Å². The highest BCUT2D eigenvalue weighted by Gasteiger charge is 2.34. The predicted molar refractivity (Wildman–Crippen MR) is 39.0 cm³/mol. The Morgan fingerprint density at radius 1 is 1.67 bits per heavy atom. The largest absolute Gasteiger partial charge is 0.330 e. The first kappa shape index (κ1) is 7.03. The molecule has 1 rings (SSSR count). The van der Waals surface area contributed by atoms with Gasteiger partial charge in [-0.3, -0.25) is 0 Å². The molecule has 0 aromatic heterocycles. The third kappa shape index (κ3) is 1.10. The van der Waals surface area contributed by atoms with Crippen molar-refractivity contribution in [3.8, 4) is 0 Å². The molecular weight excluding hydrogens is 112 g/mol. The molecular formula is C7H16N2. The van der Waals surface area contributed by atoms with E-state index in [0.29, 0.717) is 6.04 Å². The van der Waals surface area contributed by atoms with Gasteiger partial charge in [-0.15, -0.1) is 0 Å². The van der Waals surface area contributed by atoms with Crippen LogP contribution in [0.4, 0.5) is 0 Å². The van der Waals surface area contributed by atoms with Gasteiger partial charge >= 0.3 is 0 Å². The van der Waals surface area contributed by atoms with Gasteiger partial charge in [0.15, 0.2) is 0 Å². The lowest BCUT2D eigenvalue weighted by atomic mass is 9.86. The van der Waals surface area contributed by atoms with Crippen LogP contribution in [0.15, 0.2) is 0 Å². The molecule has 9 heavy (non-hydrogen) atoms. The lowest BCUT2D eigenvalue weighted by molar-refractivity contribution is 0.306. The van der Waals surface area contributed by atoms with Gasteiger partial charge in [0.25, 0.3) is 0 Å². The van der Waals surface area contributed by atoms with Gasteiger partial charge in [-0.2, -0.15) is 0 Å². The molecule has 2 nitrogen and oxygen atoms in total. The van der Waals surface area contributed by atoms with Crippen LogP contribution in [-0.2, 0) is 0 Å². The van der Waals surface area contributed by atoms with E-state index in [2.05, 4.69) is 6.92 Å². The third-order valence-corrected chi connectivity index (χ3v) is 2.62. The lowest BCUT2D eigenvalue weighted by Crippen LogP contribution is -2.40.